The lowest BCUT2D eigenvalue weighted by Gasteiger charge is -2.27. The van der Waals surface area contributed by atoms with Crippen LogP contribution in [0, 0.1) is 6.92 Å². The van der Waals surface area contributed by atoms with Crippen molar-refractivity contribution in [3.8, 4) is 16.3 Å². The minimum atomic E-state index is 0.578. The van der Waals surface area contributed by atoms with Gasteiger partial charge in [-0.25, -0.2) is 4.68 Å². The summed E-state index contributed by atoms with van der Waals surface area (Å²) in [6, 6.07) is 9.46. The number of nitrogens with zero attached hydrogens (tertiary/aromatic N) is 3. The molecule has 2 aromatic heterocycles. The van der Waals surface area contributed by atoms with Gasteiger partial charge in [0.05, 0.1) is 25.6 Å². The number of hydrogen-bond donors (Lipinski definition) is 0. The average Bonchev–Trinajstić information content (AvgIpc) is 3.19. The fraction of sp³-hybridized carbons (Fsp3) is 0.316. The molecule has 26 heavy (non-hydrogen) atoms. The highest BCUT2D eigenvalue weighted by molar-refractivity contribution is 7.19. The Morgan fingerprint density at radius 3 is 2.42 bits per heavy atom. The van der Waals surface area contributed by atoms with E-state index in [0.717, 1.165) is 45.1 Å². The number of hydrogen-bond acceptors (Lipinski definition) is 3. The van der Waals surface area contributed by atoms with Crippen LogP contribution in [0.25, 0.3) is 16.3 Å². The fourth-order valence-electron chi connectivity index (χ4n) is 3.45. The first-order chi connectivity index (χ1) is 12.5. The Kier molecular flexibility index (Phi) is 5.20. The lowest BCUT2D eigenvalue weighted by molar-refractivity contribution is 0.571. The van der Waals surface area contributed by atoms with Crippen LogP contribution in [0.4, 0.5) is 5.82 Å². The van der Waals surface area contributed by atoms with Gasteiger partial charge in [0.1, 0.15) is 0 Å². The van der Waals surface area contributed by atoms with E-state index >= 15 is 0 Å². The van der Waals surface area contributed by atoms with Crippen LogP contribution >= 0.6 is 46.1 Å². The fourth-order valence-corrected chi connectivity index (χ4v) is 5.07. The Balaban J connectivity index is 1.91. The second-order valence-electron chi connectivity index (χ2n) is 6.46. The number of rotatable bonds is 3. The molecule has 1 aliphatic heterocycles. The number of thiophene rings is 1. The van der Waals surface area contributed by atoms with Crippen LogP contribution < -0.4 is 4.90 Å². The largest absolute Gasteiger partial charge is 0.355 e. The maximum Gasteiger partial charge on any atom is 0.154 e. The quantitative estimate of drug-likeness (QED) is 0.456. The lowest BCUT2D eigenvalue weighted by Crippen LogP contribution is -2.30. The van der Waals surface area contributed by atoms with Crippen molar-refractivity contribution in [1.29, 1.82) is 0 Å². The Bertz CT molecular complexity index is 942. The van der Waals surface area contributed by atoms with Crippen LogP contribution in [0.3, 0.4) is 0 Å². The highest BCUT2D eigenvalue weighted by Crippen LogP contribution is 2.39. The normalized spacial score (nSPS) is 14.8. The molecule has 1 fully saturated rings. The first-order valence-corrected chi connectivity index (χ1v) is 10.6. The minimum Gasteiger partial charge on any atom is -0.355 e. The molecule has 0 aliphatic carbocycles. The molecule has 3 nitrogen and oxygen atoms in total. The Labute approximate surface area is 172 Å². The van der Waals surface area contributed by atoms with E-state index in [9.17, 15) is 0 Å². The molecule has 0 saturated carbocycles. The van der Waals surface area contributed by atoms with E-state index in [1.165, 1.54) is 19.3 Å². The molecular formula is C19H18Cl3N3S. The maximum atomic E-state index is 6.49. The van der Waals surface area contributed by atoms with Crippen molar-refractivity contribution in [1.82, 2.24) is 9.78 Å². The van der Waals surface area contributed by atoms with E-state index in [1.54, 1.807) is 17.4 Å². The van der Waals surface area contributed by atoms with Crippen molar-refractivity contribution in [3.05, 3.63) is 50.3 Å². The summed E-state index contributed by atoms with van der Waals surface area (Å²) in [6.07, 6.45) is 3.69. The second-order valence-corrected chi connectivity index (χ2v) is 9.01. The minimum absolute atomic E-state index is 0.578. The van der Waals surface area contributed by atoms with Crippen molar-refractivity contribution < 1.29 is 0 Å². The van der Waals surface area contributed by atoms with Crippen molar-refractivity contribution in [2.75, 3.05) is 18.0 Å². The zero-order chi connectivity index (χ0) is 18.3. The van der Waals surface area contributed by atoms with Crippen LogP contribution in [-0.4, -0.2) is 22.9 Å². The number of piperidine rings is 1. The van der Waals surface area contributed by atoms with Gasteiger partial charge >= 0.3 is 0 Å². The van der Waals surface area contributed by atoms with Crippen molar-refractivity contribution in [3.63, 3.8) is 0 Å². The summed E-state index contributed by atoms with van der Waals surface area (Å²) >= 11 is 20.3. The van der Waals surface area contributed by atoms with Gasteiger partial charge < -0.3 is 4.90 Å². The molecule has 0 unspecified atom stereocenters. The predicted molar refractivity (Wildman–Crippen MR) is 113 cm³/mol. The number of halogens is 3. The van der Waals surface area contributed by atoms with Crippen molar-refractivity contribution >= 4 is 52.0 Å². The molecule has 0 spiro atoms. The smallest absolute Gasteiger partial charge is 0.154 e. The Hall–Kier alpha value is -1.20. The summed E-state index contributed by atoms with van der Waals surface area (Å²) < 4.78 is 2.69. The molecule has 1 aromatic carbocycles. The summed E-state index contributed by atoms with van der Waals surface area (Å²) in [5.74, 6) is 1.02. The highest BCUT2D eigenvalue weighted by atomic mass is 35.5. The monoisotopic (exact) mass is 425 g/mol. The second kappa shape index (κ2) is 7.43. The molecule has 3 heterocycles. The highest BCUT2D eigenvalue weighted by Gasteiger charge is 2.24. The topological polar surface area (TPSA) is 21.1 Å². The molecule has 1 aliphatic rings. The Morgan fingerprint density at radius 1 is 1.00 bits per heavy atom. The molecule has 0 bridgehead atoms. The number of anilines is 1. The lowest BCUT2D eigenvalue weighted by atomic mass is 10.1. The average molecular weight is 427 g/mol. The molecule has 136 valence electrons. The summed E-state index contributed by atoms with van der Waals surface area (Å²) in [7, 11) is 0. The van der Waals surface area contributed by atoms with Gasteiger partial charge in [0.15, 0.2) is 5.82 Å². The standard InChI is InChI=1S/C19H18Cl3N3S/c1-12-18(16-7-8-17(22)26-16)25(15-6-5-13(20)11-14(15)21)23-19(12)24-9-3-2-4-10-24/h5-8,11H,2-4,9-10H2,1H3. The van der Waals surface area contributed by atoms with Gasteiger partial charge in [-0.05, 0) is 56.5 Å². The first kappa shape index (κ1) is 18.2. The van der Waals surface area contributed by atoms with E-state index in [1.807, 2.05) is 28.9 Å². The van der Waals surface area contributed by atoms with Crippen LogP contribution in [0.1, 0.15) is 24.8 Å². The van der Waals surface area contributed by atoms with E-state index in [0.29, 0.717) is 10.0 Å². The Morgan fingerprint density at radius 2 is 1.77 bits per heavy atom. The maximum absolute atomic E-state index is 6.49. The molecule has 0 radical (unpaired) electrons. The predicted octanol–water partition coefficient (Wildman–Crippen LogP) is 6.86. The zero-order valence-electron chi connectivity index (χ0n) is 14.3. The molecule has 4 rings (SSSR count). The molecular weight excluding hydrogens is 409 g/mol. The van der Waals surface area contributed by atoms with Crippen LogP contribution in [-0.2, 0) is 0 Å². The summed E-state index contributed by atoms with van der Waals surface area (Å²) in [5, 5.41) is 6.15. The van der Waals surface area contributed by atoms with Crippen LogP contribution in [0.5, 0.6) is 0 Å². The number of benzene rings is 1. The van der Waals surface area contributed by atoms with Gasteiger partial charge in [-0.3, -0.25) is 0 Å². The van der Waals surface area contributed by atoms with Crippen LogP contribution in [0.2, 0.25) is 14.4 Å². The van der Waals surface area contributed by atoms with E-state index in [-0.39, 0.29) is 0 Å². The molecule has 7 heteroatoms. The third kappa shape index (κ3) is 3.36. The van der Waals surface area contributed by atoms with Gasteiger partial charge in [0.2, 0.25) is 0 Å². The molecule has 3 aromatic rings. The molecule has 0 amide bonds. The van der Waals surface area contributed by atoms with Crippen molar-refractivity contribution in [2.24, 2.45) is 0 Å². The first-order valence-electron chi connectivity index (χ1n) is 8.60. The number of aromatic nitrogens is 2. The SMILES string of the molecule is Cc1c(N2CCCCC2)nn(-c2ccc(Cl)cc2Cl)c1-c1ccc(Cl)s1. The molecule has 0 N–H and O–H groups in total. The van der Waals surface area contributed by atoms with Gasteiger partial charge in [-0.1, -0.05) is 34.8 Å². The van der Waals surface area contributed by atoms with Gasteiger partial charge in [-0.15, -0.1) is 16.4 Å². The van der Waals surface area contributed by atoms with Crippen molar-refractivity contribution in [2.45, 2.75) is 26.2 Å². The van der Waals surface area contributed by atoms with E-state index in [2.05, 4.69) is 11.8 Å². The van der Waals surface area contributed by atoms with Gasteiger partial charge in [0, 0.05) is 23.7 Å². The summed E-state index contributed by atoms with van der Waals surface area (Å²) in [5.41, 5.74) is 3.00. The van der Waals surface area contributed by atoms with E-state index in [4.69, 9.17) is 39.9 Å². The summed E-state index contributed by atoms with van der Waals surface area (Å²) in [4.78, 5) is 3.45. The van der Waals surface area contributed by atoms with Crippen LogP contribution in [0.15, 0.2) is 30.3 Å². The van der Waals surface area contributed by atoms with Gasteiger partial charge in [-0.2, -0.15) is 0 Å². The summed E-state index contributed by atoms with van der Waals surface area (Å²) in [6.45, 7) is 4.20. The van der Waals surface area contributed by atoms with E-state index < -0.39 is 0 Å². The molecule has 1 saturated heterocycles. The molecule has 0 atom stereocenters. The third-order valence-electron chi connectivity index (χ3n) is 4.70. The van der Waals surface area contributed by atoms with Gasteiger partial charge in [0.25, 0.3) is 0 Å². The third-order valence-corrected chi connectivity index (χ3v) is 6.47. The zero-order valence-corrected chi connectivity index (χ0v) is 17.4.